The van der Waals surface area contributed by atoms with E-state index in [1.165, 1.54) is 0 Å². The minimum Gasteiger partial charge on any atom is -0.446 e. The van der Waals surface area contributed by atoms with E-state index in [1.807, 2.05) is 6.07 Å². The largest absolute Gasteiger partial charge is 0.446 e. The first-order valence-electron chi connectivity index (χ1n) is 10.2. The molecule has 30 heavy (non-hydrogen) atoms. The van der Waals surface area contributed by atoms with Gasteiger partial charge in [-0.25, -0.2) is 17.9 Å². The average molecular weight is 438 g/mol. The van der Waals surface area contributed by atoms with Crippen LogP contribution in [0.4, 0.5) is 10.5 Å². The van der Waals surface area contributed by atoms with Gasteiger partial charge in [-0.15, -0.1) is 0 Å². The maximum Gasteiger partial charge on any atom is 0.411 e. The Kier molecular flexibility index (Phi) is 7.43. The molecule has 3 rings (SSSR count). The second kappa shape index (κ2) is 10.0. The Labute approximate surface area is 176 Å². The van der Waals surface area contributed by atoms with Crippen LogP contribution in [0.1, 0.15) is 44.9 Å². The molecule has 0 unspecified atom stereocenters. The fourth-order valence-electron chi connectivity index (χ4n) is 3.75. The predicted octanol–water partition coefficient (Wildman–Crippen LogP) is 2.00. The van der Waals surface area contributed by atoms with Crippen LogP contribution in [0.5, 0.6) is 0 Å². The van der Waals surface area contributed by atoms with Crippen molar-refractivity contribution in [1.82, 2.24) is 9.62 Å². The van der Waals surface area contributed by atoms with E-state index in [1.54, 1.807) is 24.3 Å². The minimum absolute atomic E-state index is 0.140. The number of hydrogen-bond acceptors (Lipinski definition) is 6. The molecule has 2 fully saturated rings. The van der Waals surface area contributed by atoms with Gasteiger partial charge in [0.2, 0.25) is 21.8 Å². The van der Waals surface area contributed by atoms with Gasteiger partial charge in [-0.05, 0) is 37.8 Å². The third kappa shape index (κ3) is 6.53. The summed E-state index contributed by atoms with van der Waals surface area (Å²) in [4.78, 5) is 36.7. The number of hydrogen-bond donors (Lipinski definition) is 2. The van der Waals surface area contributed by atoms with E-state index in [9.17, 15) is 22.8 Å². The molecule has 1 aliphatic carbocycles. The van der Waals surface area contributed by atoms with Gasteiger partial charge in [0.1, 0.15) is 6.10 Å². The van der Waals surface area contributed by atoms with E-state index < -0.39 is 16.1 Å². The van der Waals surface area contributed by atoms with Gasteiger partial charge in [0.15, 0.2) is 0 Å². The first-order valence-corrected chi connectivity index (χ1v) is 11.8. The zero-order valence-electron chi connectivity index (χ0n) is 16.7. The second-order valence-electron chi connectivity index (χ2n) is 7.61. The fraction of sp³-hybridized carbons (Fsp3) is 0.550. The molecule has 1 saturated carbocycles. The average Bonchev–Trinajstić information content (AvgIpc) is 2.68. The third-order valence-corrected chi connectivity index (χ3v) is 6.65. The number of amides is 3. The third-order valence-electron chi connectivity index (χ3n) is 5.23. The standard InChI is InChI=1S/C20H27N3O6S/c24-18-10-5-11-19(25)23(18)12-13-30(27,28)22-16-8-4-9-17(14-16)29-20(26)21-15-6-2-1-3-7-15/h1-3,6-7,16-17,22H,4-5,8-14H2,(H,21,26)/t16-,17-/m0/s1. The number of sulfonamides is 1. The second-order valence-corrected chi connectivity index (χ2v) is 9.48. The highest BCUT2D eigenvalue weighted by Gasteiger charge is 2.30. The molecule has 2 atom stereocenters. The summed E-state index contributed by atoms with van der Waals surface area (Å²) in [5, 5.41) is 2.65. The number of ether oxygens (including phenoxy) is 1. The van der Waals surface area contributed by atoms with Crippen LogP contribution in [0.15, 0.2) is 30.3 Å². The van der Waals surface area contributed by atoms with Crippen molar-refractivity contribution < 1.29 is 27.5 Å². The Morgan fingerprint density at radius 3 is 2.47 bits per heavy atom. The van der Waals surface area contributed by atoms with Gasteiger partial charge < -0.3 is 4.74 Å². The van der Waals surface area contributed by atoms with Crippen molar-refractivity contribution in [2.45, 2.75) is 57.1 Å². The number of anilines is 1. The molecule has 0 radical (unpaired) electrons. The lowest BCUT2D eigenvalue weighted by molar-refractivity contribution is -0.147. The number of nitrogens with zero attached hydrogens (tertiary/aromatic N) is 1. The van der Waals surface area contributed by atoms with Gasteiger partial charge in [-0.1, -0.05) is 18.2 Å². The molecule has 1 saturated heterocycles. The van der Waals surface area contributed by atoms with Gasteiger partial charge >= 0.3 is 6.09 Å². The van der Waals surface area contributed by atoms with Crippen molar-refractivity contribution >= 4 is 33.6 Å². The van der Waals surface area contributed by atoms with Crippen LogP contribution >= 0.6 is 0 Å². The van der Waals surface area contributed by atoms with Gasteiger partial charge in [-0.3, -0.25) is 19.8 Å². The Morgan fingerprint density at radius 1 is 1.07 bits per heavy atom. The number of nitrogens with one attached hydrogen (secondary N) is 2. The molecule has 0 spiro atoms. The topological polar surface area (TPSA) is 122 Å². The molecule has 1 aromatic rings. The molecule has 10 heteroatoms. The molecule has 3 amide bonds. The number of carbonyl (C=O) groups is 3. The van der Waals surface area contributed by atoms with Gasteiger partial charge in [0.05, 0.1) is 5.75 Å². The lowest BCUT2D eigenvalue weighted by Crippen LogP contribution is -2.46. The predicted molar refractivity (Wildman–Crippen MR) is 110 cm³/mol. The number of imide groups is 1. The van der Waals surface area contributed by atoms with Crippen LogP contribution in [0.3, 0.4) is 0 Å². The van der Waals surface area contributed by atoms with Crippen molar-refractivity contribution in [3.8, 4) is 0 Å². The van der Waals surface area contributed by atoms with Crippen LogP contribution in [-0.4, -0.2) is 55.7 Å². The van der Waals surface area contributed by atoms with E-state index in [2.05, 4.69) is 10.0 Å². The molecule has 0 aromatic heterocycles. The molecule has 9 nitrogen and oxygen atoms in total. The van der Waals surface area contributed by atoms with E-state index in [4.69, 9.17) is 4.74 Å². The summed E-state index contributed by atoms with van der Waals surface area (Å²) >= 11 is 0. The number of benzene rings is 1. The Bertz CT molecular complexity index is 858. The quantitative estimate of drug-likeness (QED) is 0.629. The normalized spacial score (nSPS) is 22.6. The Hall–Kier alpha value is -2.46. The van der Waals surface area contributed by atoms with Crippen LogP contribution < -0.4 is 10.0 Å². The SMILES string of the molecule is O=C(Nc1ccccc1)O[C@H]1CCC[C@H](NS(=O)(=O)CCN2C(=O)CCCC2=O)C1. The Balaban J connectivity index is 1.46. The Morgan fingerprint density at radius 2 is 1.77 bits per heavy atom. The van der Waals surface area contributed by atoms with Gasteiger partial charge in [-0.2, -0.15) is 0 Å². The van der Waals surface area contributed by atoms with Crippen molar-refractivity contribution in [1.29, 1.82) is 0 Å². The monoisotopic (exact) mass is 437 g/mol. The highest BCUT2D eigenvalue weighted by atomic mass is 32.2. The minimum atomic E-state index is -3.68. The molecule has 1 aliphatic heterocycles. The molecular formula is C20H27N3O6S. The summed E-state index contributed by atoms with van der Waals surface area (Å²) < 4.78 is 33.0. The van der Waals surface area contributed by atoms with E-state index >= 15 is 0 Å². The smallest absolute Gasteiger partial charge is 0.411 e. The summed E-state index contributed by atoms with van der Waals surface area (Å²) in [6.07, 6.45) is 2.50. The van der Waals surface area contributed by atoms with Crippen molar-refractivity contribution in [2.24, 2.45) is 0 Å². The fourth-order valence-corrected chi connectivity index (χ4v) is 5.02. The lowest BCUT2D eigenvalue weighted by atomic mass is 9.94. The molecule has 0 bridgehead atoms. The summed E-state index contributed by atoms with van der Waals surface area (Å²) in [5.74, 6) is -0.977. The highest BCUT2D eigenvalue weighted by molar-refractivity contribution is 7.89. The number of rotatable bonds is 7. The maximum absolute atomic E-state index is 12.4. The van der Waals surface area contributed by atoms with Crippen molar-refractivity contribution in [3.05, 3.63) is 30.3 Å². The van der Waals surface area contributed by atoms with Crippen molar-refractivity contribution in [2.75, 3.05) is 17.6 Å². The first-order chi connectivity index (χ1) is 14.3. The summed E-state index contributed by atoms with van der Waals surface area (Å²) in [7, 11) is -3.68. The van der Waals surface area contributed by atoms with Crippen LogP contribution in [0, 0.1) is 0 Å². The molecule has 1 heterocycles. The van der Waals surface area contributed by atoms with Crippen LogP contribution in [0.25, 0.3) is 0 Å². The van der Waals surface area contributed by atoms with E-state index in [0.29, 0.717) is 31.4 Å². The first kappa shape index (κ1) is 22.2. The maximum atomic E-state index is 12.4. The summed E-state index contributed by atoms with van der Waals surface area (Å²) in [5.41, 5.74) is 0.623. The molecule has 164 valence electrons. The van der Waals surface area contributed by atoms with Gasteiger partial charge in [0.25, 0.3) is 0 Å². The number of para-hydroxylation sites is 1. The van der Waals surface area contributed by atoms with Crippen molar-refractivity contribution in [3.63, 3.8) is 0 Å². The zero-order chi connectivity index (χ0) is 21.6. The van der Waals surface area contributed by atoms with E-state index in [0.717, 1.165) is 11.3 Å². The number of likely N-dealkylation sites (tertiary alicyclic amines) is 1. The van der Waals surface area contributed by atoms with Crippen LogP contribution in [0.2, 0.25) is 0 Å². The lowest BCUT2D eigenvalue weighted by Gasteiger charge is -2.30. The molecular weight excluding hydrogens is 410 g/mol. The van der Waals surface area contributed by atoms with E-state index in [-0.39, 0.29) is 49.1 Å². The van der Waals surface area contributed by atoms with Gasteiger partial charge in [0, 0.05) is 37.5 Å². The summed E-state index contributed by atoms with van der Waals surface area (Å²) in [6.45, 7) is -0.140. The zero-order valence-corrected chi connectivity index (χ0v) is 17.5. The molecule has 1 aromatic carbocycles. The number of piperidine rings is 1. The number of carbonyl (C=O) groups excluding carboxylic acids is 3. The summed E-state index contributed by atoms with van der Waals surface area (Å²) in [6, 6.07) is 8.57. The highest BCUT2D eigenvalue weighted by Crippen LogP contribution is 2.22. The van der Waals surface area contributed by atoms with Crippen LogP contribution in [-0.2, 0) is 24.3 Å². The molecule has 2 N–H and O–H groups in total. The molecule has 2 aliphatic rings.